The van der Waals surface area contributed by atoms with E-state index in [0.29, 0.717) is 0 Å². The molecule has 0 fully saturated rings. The van der Waals surface area contributed by atoms with E-state index in [1.807, 2.05) is 0 Å². The zero-order chi connectivity index (χ0) is 15.1. The zero-order valence-corrected chi connectivity index (χ0v) is 11.0. The number of ether oxygens (including phenoxy) is 2. The monoisotopic (exact) mass is 282 g/mol. The van der Waals surface area contributed by atoms with Crippen LogP contribution in [-0.2, 0) is 14.3 Å². The van der Waals surface area contributed by atoms with Crippen LogP contribution in [-0.4, -0.2) is 30.0 Å². The lowest BCUT2D eigenvalue weighted by molar-refractivity contribution is -0.384. The number of carbonyl (C=O) groups is 2. The molecule has 0 unspecified atom stereocenters. The number of esters is 1. The molecular weight excluding hydrogens is 268 g/mol. The van der Waals surface area contributed by atoms with Gasteiger partial charge < -0.3 is 14.8 Å². The van der Waals surface area contributed by atoms with Crippen LogP contribution in [0.5, 0.6) is 5.75 Å². The smallest absolute Gasteiger partial charge is 0.344 e. The van der Waals surface area contributed by atoms with Gasteiger partial charge in [-0.2, -0.15) is 0 Å². The lowest BCUT2D eigenvalue weighted by Gasteiger charge is -2.08. The summed E-state index contributed by atoms with van der Waals surface area (Å²) in [5.41, 5.74) is -0.0410. The van der Waals surface area contributed by atoms with Gasteiger partial charge >= 0.3 is 5.97 Å². The summed E-state index contributed by atoms with van der Waals surface area (Å²) in [4.78, 5) is 32.3. The molecule has 0 aromatic heterocycles. The Morgan fingerprint density at radius 3 is 2.60 bits per heavy atom. The molecule has 0 aliphatic carbocycles. The summed E-state index contributed by atoms with van der Waals surface area (Å²) in [7, 11) is 0. The van der Waals surface area contributed by atoms with Gasteiger partial charge in [-0.05, 0) is 6.92 Å². The number of nitro groups is 1. The Balaban J connectivity index is 2.88. The van der Waals surface area contributed by atoms with Crippen LogP contribution in [0.3, 0.4) is 0 Å². The number of carbonyl (C=O) groups excluding carboxylic acids is 2. The zero-order valence-electron chi connectivity index (χ0n) is 11.0. The van der Waals surface area contributed by atoms with E-state index in [4.69, 9.17) is 4.74 Å². The number of nitro benzene ring substituents is 1. The maximum Gasteiger partial charge on any atom is 0.344 e. The minimum Gasteiger partial charge on any atom is -0.482 e. The Kier molecular flexibility index (Phi) is 5.45. The van der Waals surface area contributed by atoms with Crippen molar-refractivity contribution in [2.75, 3.05) is 18.5 Å². The van der Waals surface area contributed by atoms with Gasteiger partial charge in [0.15, 0.2) is 6.61 Å². The highest BCUT2D eigenvalue weighted by Gasteiger charge is 2.12. The van der Waals surface area contributed by atoms with Crippen molar-refractivity contribution in [3.8, 4) is 5.75 Å². The summed E-state index contributed by atoms with van der Waals surface area (Å²) in [6, 6.07) is 3.73. The SMILES string of the molecule is CCOC(=O)COc1cc(NC(C)=O)cc([N+](=O)[O-])c1. The van der Waals surface area contributed by atoms with Crippen molar-refractivity contribution in [3.05, 3.63) is 28.3 Å². The van der Waals surface area contributed by atoms with Crippen LogP contribution in [0.1, 0.15) is 13.8 Å². The number of benzene rings is 1. The predicted octanol–water partition coefficient (Wildman–Crippen LogP) is 1.50. The standard InChI is InChI=1S/C12H14N2O6/c1-3-19-12(16)7-20-11-5-9(13-8(2)15)4-10(6-11)14(17)18/h4-6H,3,7H2,1-2H3,(H,13,15). The number of hydrogen-bond acceptors (Lipinski definition) is 6. The molecule has 1 rings (SSSR count). The third-order valence-corrected chi connectivity index (χ3v) is 2.08. The first-order valence-corrected chi connectivity index (χ1v) is 5.78. The summed E-state index contributed by atoms with van der Waals surface area (Å²) in [5, 5.41) is 13.2. The average Bonchev–Trinajstić information content (AvgIpc) is 2.35. The van der Waals surface area contributed by atoms with E-state index in [0.717, 1.165) is 6.07 Å². The molecule has 0 aliphatic rings. The Hall–Kier alpha value is -2.64. The van der Waals surface area contributed by atoms with Gasteiger partial charge in [-0.15, -0.1) is 0 Å². The molecule has 108 valence electrons. The van der Waals surface area contributed by atoms with Crippen LogP contribution in [0.4, 0.5) is 11.4 Å². The quantitative estimate of drug-likeness (QED) is 0.481. The molecule has 8 heteroatoms. The molecule has 0 saturated heterocycles. The maximum absolute atomic E-state index is 11.1. The summed E-state index contributed by atoms with van der Waals surface area (Å²) in [5.74, 6) is -0.863. The second-order valence-electron chi connectivity index (χ2n) is 3.75. The summed E-state index contributed by atoms with van der Waals surface area (Å²) in [6.45, 7) is 2.78. The molecule has 0 atom stereocenters. The number of hydrogen-bond donors (Lipinski definition) is 1. The first-order valence-electron chi connectivity index (χ1n) is 5.78. The molecule has 0 saturated carbocycles. The molecule has 1 aromatic carbocycles. The molecule has 20 heavy (non-hydrogen) atoms. The van der Waals surface area contributed by atoms with Gasteiger partial charge in [0, 0.05) is 19.1 Å². The minimum absolute atomic E-state index is 0.0935. The van der Waals surface area contributed by atoms with Crippen molar-refractivity contribution in [2.45, 2.75) is 13.8 Å². The normalized spacial score (nSPS) is 9.70. The topological polar surface area (TPSA) is 108 Å². The third-order valence-electron chi connectivity index (χ3n) is 2.08. The molecule has 0 spiro atoms. The number of rotatable bonds is 6. The molecule has 8 nitrogen and oxygen atoms in total. The Morgan fingerprint density at radius 1 is 1.35 bits per heavy atom. The van der Waals surface area contributed by atoms with Crippen molar-refractivity contribution < 1.29 is 24.0 Å². The van der Waals surface area contributed by atoms with Crippen molar-refractivity contribution >= 4 is 23.3 Å². The highest BCUT2D eigenvalue weighted by molar-refractivity contribution is 5.89. The third kappa shape index (κ3) is 4.92. The van der Waals surface area contributed by atoms with Crippen LogP contribution in [0.15, 0.2) is 18.2 Å². The van der Waals surface area contributed by atoms with E-state index in [2.05, 4.69) is 10.1 Å². The maximum atomic E-state index is 11.1. The van der Waals surface area contributed by atoms with Gasteiger partial charge in [-0.1, -0.05) is 0 Å². The summed E-state index contributed by atoms with van der Waals surface area (Å²) in [6.07, 6.45) is 0. The molecule has 0 bridgehead atoms. The lowest BCUT2D eigenvalue weighted by atomic mass is 10.2. The van der Waals surface area contributed by atoms with E-state index < -0.39 is 10.9 Å². The van der Waals surface area contributed by atoms with Crippen molar-refractivity contribution in [2.24, 2.45) is 0 Å². The summed E-state index contributed by atoms with van der Waals surface area (Å²) >= 11 is 0. The second kappa shape index (κ2) is 7.07. The minimum atomic E-state index is -0.622. The van der Waals surface area contributed by atoms with E-state index >= 15 is 0 Å². The van der Waals surface area contributed by atoms with Gasteiger partial charge in [-0.25, -0.2) is 4.79 Å². The largest absolute Gasteiger partial charge is 0.482 e. The highest BCUT2D eigenvalue weighted by Crippen LogP contribution is 2.26. The van der Waals surface area contributed by atoms with Crippen LogP contribution in [0.2, 0.25) is 0 Å². The van der Waals surface area contributed by atoms with E-state index in [1.54, 1.807) is 6.92 Å². The van der Waals surface area contributed by atoms with Crippen LogP contribution >= 0.6 is 0 Å². The Labute approximate surface area is 114 Å². The average molecular weight is 282 g/mol. The van der Waals surface area contributed by atoms with E-state index in [9.17, 15) is 19.7 Å². The first kappa shape index (κ1) is 15.4. The van der Waals surface area contributed by atoms with E-state index in [-0.39, 0.29) is 36.2 Å². The first-order chi connectivity index (χ1) is 9.42. The predicted molar refractivity (Wildman–Crippen MR) is 69.5 cm³/mol. The fraction of sp³-hybridized carbons (Fsp3) is 0.333. The van der Waals surface area contributed by atoms with Crippen molar-refractivity contribution in [1.29, 1.82) is 0 Å². The van der Waals surface area contributed by atoms with Crippen molar-refractivity contribution in [3.63, 3.8) is 0 Å². The molecule has 1 N–H and O–H groups in total. The van der Waals surface area contributed by atoms with Gasteiger partial charge in [0.1, 0.15) is 5.75 Å². The molecule has 0 heterocycles. The Morgan fingerprint density at radius 2 is 2.05 bits per heavy atom. The molecule has 1 aromatic rings. The lowest BCUT2D eigenvalue weighted by Crippen LogP contribution is -2.15. The van der Waals surface area contributed by atoms with Crippen LogP contribution < -0.4 is 10.1 Å². The van der Waals surface area contributed by atoms with Gasteiger partial charge in [-0.3, -0.25) is 14.9 Å². The summed E-state index contributed by atoms with van der Waals surface area (Å²) < 4.78 is 9.77. The number of non-ortho nitro benzene ring substituents is 1. The number of nitrogens with zero attached hydrogens (tertiary/aromatic N) is 1. The fourth-order valence-corrected chi connectivity index (χ4v) is 1.39. The second-order valence-corrected chi connectivity index (χ2v) is 3.75. The van der Waals surface area contributed by atoms with Crippen LogP contribution in [0, 0.1) is 10.1 Å². The molecule has 0 radical (unpaired) electrons. The van der Waals surface area contributed by atoms with Crippen LogP contribution in [0.25, 0.3) is 0 Å². The van der Waals surface area contributed by atoms with Gasteiger partial charge in [0.2, 0.25) is 5.91 Å². The molecule has 0 aliphatic heterocycles. The number of nitrogens with one attached hydrogen (secondary N) is 1. The number of amides is 1. The van der Waals surface area contributed by atoms with Gasteiger partial charge in [0.25, 0.3) is 5.69 Å². The molecular formula is C12H14N2O6. The Bertz CT molecular complexity index is 529. The number of anilines is 1. The van der Waals surface area contributed by atoms with Crippen molar-refractivity contribution in [1.82, 2.24) is 0 Å². The van der Waals surface area contributed by atoms with Gasteiger partial charge in [0.05, 0.1) is 23.3 Å². The highest BCUT2D eigenvalue weighted by atomic mass is 16.6. The molecule has 1 amide bonds. The fourth-order valence-electron chi connectivity index (χ4n) is 1.39. The van der Waals surface area contributed by atoms with E-state index in [1.165, 1.54) is 19.1 Å².